The molecule has 21 heavy (non-hydrogen) atoms. The van der Waals surface area contributed by atoms with Crippen LogP contribution in [0.15, 0.2) is 36.4 Å². The highest BCUT2D eigenvalue weighted by molar-refractivity contribution is 6.30. The average molecular weight is 305 g/mol. The number of carbonyl (C=O) groups excluding carboxylic acids is 1. The van der Waals surface area contributed by atoms with Crippen LogP contribution in [0.4, 0.5) is 4.39 Å². The minimum atomic E-state index is -0.475. The molecule has 2 aromatic carbocycles. The molecule has 0 aliphatic carbocycles. The van der Waals surface area contributed by atoms with Crippen molar-refractivity contribution < 1.29 is 9.18 Å². The minimum absolute atomic E-state index is 0.0404. The molecule has 0 saturated carbocycles. The van der Waals surface area contributed by atoms with Crippen molar-refractivity contribution in [3.05, 3.63) is 69.5 Å². The lowest BCUT2D eigenvalue weighted by molar-refractivity contribution is 0.0946. The van der Waals surface area contributed by atoms with E-state index in [-0.39, 0.29) is 10.9 Å². The Morgan fingerprint density at radius 3 is 2.67 bits per heavy atom. The molecule has 0 fully saturated rings. The maximum atomic E-state index is 13.2. The van der Waals surface area contributed by atoms with Gasteiger partial charge in [0.15, 0.2) is 0 Å². The summed E-state index contributed by atoms with van der Waals surface area (Å²) in [5.41, 5.74) is 9.38. The fourth-order valence-corrected chi connectivity index (χ4v) is 2.71. The highest BCUT2D eigenvalue weighted by atomic mass is 35.5. The van der Waals surface area contributed by atoms with Crippen LogP contribution in [0.5, 0.6) is 0 Å². The van der Waals surface area contributed by atoms with E-state index in [9.17, 15) is 9.18 Å². The van der Waals surface area contributed by atoms with Crippen LogP contribution in [-0.4, -0.2) is 12.5 Å². The third kappa shape index (κ3) is 2.64. The summed E-state index contributed by atoms with van der Waals surface area (Å²) in [6, 6.07) is 9.58. The van der Waals surface area contributed by atoms with Gasteiger partial charge in [0, 0.05) is 12.1 Å². The normalized spacial score (nSPS) is 15.3. The van der Waals surface area contributed by atoms with Gasteiger partial charge in [-0.2, -0.15) is 0 Å². The Hall–Kier alpha value is -1.91. The van der Waals surface area contributed by atoms with Crippen molar-refractivity contribution in [1.29, 1.82) is 0 Å². The number of halogens is 2. The maximum absolute atomic E-state index is 13.2. The van der Waals surface area contributed by atoms with Crippen LogP contribution >= 0.6 is 11.6 Å². The van der Waals surface area contributed by atoms with Gasteiger partial charge < -0.3 is 11.1 Å². The topological polar surface area (TPSA) is 55.1 Å². The van der Waals surface area contributed by atoms with Gasteiger partial charge in [0.25, 0.3) is 5.91 Å². The summed E-state index contributed by atoms with van der Waals surface area (Å²) < 4.78 is 13.2. The summed E-state index contributed by atoms with van der Waals surface area (Å²) in [7, 11) is 0. The Balaban J connectivity index is 1.98. The van der Waals surface area contributed by atoms with Crippen molar-refractivity contribution in [2.45, 2.75) is 12.5 Å². The van der Waals surface area contributed by atoms with Crippen molar-refractivity contribution >= 4 is 17.5 Å². The minimum Gasteiger partial charge on any atom is -0.352 e. The Morgan fingerprint density at radius 2 is 1.90 bits per heavy atom. The first-order chi connectivity index (χ1) is 10.1. The van der Waals surface area contributed by atoms with E-state index in [2.05, 4.69) is 5.32 Å². The Bertz CT molecular complexity index is 717. The van der Waals surface area contributed by atoms with Gasteiger partial charge >= 0.3 is 0 Å². The summed E-state index contributed by atoms with van der Waals surface area (Å²) in [6.07, 6.45) is 0.818. The van der Waals surface area contributed by atoms with Gasteiger partial charge in [-0.25, -0.2) is 4.39 Å². The molecule has 1 unspecified atom stereocenters. The predicted molar refractivity (Wildman–Crippen MR) is 79.9 cm³/mol. The number of hydrogen-bond acceptors (Lipinski definition) is 2. The van der Waals surface area contributed by atoms with Crippen LogP contribution in [0.1, 0.15) is 33.1 Å². The van der Waals surface area contributed by atoms with Gasteiger partial charge in [-0.05, 0) is 41.3 Å². The number of fused-ring (bicyclic) bond motifs is 1. The number of benzene rings is 2. The van der Waals surface area contributed by atoms with E-state index in [1.165, 1.54) is 12.1 Å². The average Bonchev–Trinajstić information content (AvgIpc) is 2.49. The maximum Gasteiger partial charge on any atom is 0.251 e. The third-order valence-electron chi connectivity index (χ3n) is 3.72. The molecular weight excluding hydrogens is 291 g/mol. The predicted octanol–water partition coefficient (Wildman–Crippen LogP) is 2.81. The van der Waals surface area contributed by atoms with E-state index in [0.29, 0.717) is 17.7 Å². The second kappa shape index (κ2) is 5.47. The fourth-order valence-electron chi connectivity index (χ4n) is 2.52. The van der Waals surface area contributed by atoms with Crippen LogP contribution in [0.2, 0.25) is 5.02 Å². The Kier molecular flexibility index (Phi) is 3.66. The SMILES string of the molecule is NC(c1ccc(F)c(Cl)c1)c1ccc2c(c1)C(=O)NCC2. The van der Waals surface area contributed by atoms with E-state index in [4.69, 9.17) is 17.3 Å². The molecule has 2 aromatic rings. The van der Waals surface area contributed by atoms with Gasteiger partial charge in [0.2, 0.25) is 0 Å². The fraction of sp³-hybridized carbons (Fsp3) is 0.188. The summed E-state index contributed by atoms with van der Waals surface area (Å²) in [5.74, 6) is -0.556. The number of rotatable bonds is 2. The molecule has 5 heteroatoms. The third-order valence-corrected chi connectivity index (χ3v) is 4.01. The second-order valence-corrected chi connectivity index (χ2v) is 5.48. The van der Waals surface area contributed by atoms with Crippen LogP contribution in [0, 0.1) is 5.82 Å². The summed E-state index contributed by atoms with van der Waals surface area (Å²) in [5, 5.41) is 2.85. The lowest BCUT2D eigenvalue weighted by Crippen LogP contribution is -2.32. The van der Waals surface area contributed by atoms with E-state index in [1.807, 2.05) is 12.1 Å². The molecule has 108 valence electrons. The lowest BCUT2D eigenvalue weighted by atomic mass is 9.93. The summed E-state index contributed by atoms with van der Waals surface area (Å²) in [4.78, 5) is 11.9. The molecule has 1 atom stereocenters. The molecule has 3 N–H and O–H groups in total. The first kappa shape index (κ1) is 14.0. The molecule has 3 rings (SSSR count). The molecular formula is C16H14ClFN2O. The van der Waals surface area contributed by atoms with Crippen molar-refractivity contribution in [2.75, 3.05) is 6.54 Å². The molecule has 1 aliphatic rings. The molecule has 0 aromatic heterocycles. The van der Waals surface area contributed by atoms with Crippen molar-refractivity contribution in [3.63, 3.8) is 0 Å². The van der Waals surface area contributed by atoms with Gasteiger partial charge in [0.05, 0.1) is 11.1 Å². The van der Waals surface area contributed by atoms with Crippen LogP contribution in [0.25, 0.3) is 0 Å². The molecule has 0 radical (unpaired) electrons. The summed E-state index contributed by atoms with van der Waals surface area (Å²) >= 11 is 5.79. The standard InChI is InChI=1S/C16H14ClFN2O/c17-13-8-11(3-4-14(13)18)15(19)10-2-1-9-5-6-20-16(21)12(9)7-10/h1-4,7-8,15H,5-6,19H2,(H,20,21). The van der Waals surface area contributed by atoms with E-state index in [0.717, 1.165) is 17.5 Å². The van der Waals surface area contributed by atoms with E-state index in [1.54, 1.807) is 12.1 Å². The quantitative estimate of drug-likeness (QED) is 0.896. The first-order valence-electron chi connectivity index (χ1n) is 6.68. The van der Waals surface area contributed by atoms with E-state index < -0.39 is 11.9 Å². The molecule has 0 bridgehead atoms. The zero-order chi connectivity index (χ0) is 15.0. The molecule has 0 saturated heterocycles. The largest absolute Gasteiger partial charge is 0.352 e. The zero-order valence-corrected chi connectivity index (χ0v) is 12.0. The molecule has 1 amide bonds. The smallest absolute Gasteiger partial charge is 0.251 e. The van der Waals surface area contributed by atoms with Crippen molar-refractivity contribution in [1.82, 2.24) is 5.32 Å². The molecule has 0 spiro atoms. The molecule has 1 heterocycles. The van der Waals surface area contributed by atoms with Gasteiger partial charge in [-0.1, -0.05) is 29.8 Å². The monoisotopic (exact) mass is 304 g/mol. The zero-order valence-electron chi connectivity index (χ0n) is 11.2. The van der Waals surface area contributed by atoms with Gasteiger partial charge in [0.1, 0.15) is 5.82 Å². The lowest BCUT2D eigenvalue weighted by Gasteiger charge is -2.19. The summed E-state index contributed by atoms with van der Waals surface area (Å²) in [6.45, 7) is 0.658. The second-order valence-electron chi connectivity index (χ2n) is 5.07. The van der Waals surface area contributed by atoms with Crippen molar-refractivity contribution in [3.8, 4) is 0 Å². The highest BCUT2D eigenvalue weighted by Crippen LogP contribution is 2.26. The molecule has 3 nitrogen and oxygen atoms in total. The number of nitrogens with two attached hydrogens (primary N) is 1. The van der Waals surface area contributed by atoms with Gasteiger partial charge in [-0.3, -0.25) is 4.79 Å². The number of carbonyl (C=O) groups is 1. The Labute approximate surface area is 126 Å². The van der Waals surface area contributed by atoms with Crippen LogP contribution in [-0.2, 0) is 6.42 Å². The van der Waals surface area contributed by atoms with Crippen LogP contribution in [0.3, 0.4) is 0 Å². The molecule has 1 aliphatic heterocycles. The van der Waals surface area contributed by atoms with Gasteiger partial charge in [-0.15, -0.1) is 0 Å². The first-order valence-corrected chi connectivity index (χ1v) is 7.05. The van der Waals surface area contributed by atoms with E-state index >= 15 is 0 Å². The Morgan fingerprint density at radius 1 is 1.19 bits per heavy atom. The highest BCUT2D eigenvalue weighted by Gasteiger charge is 2.19. The number of amides is 1. The van der Waals surface area contributed by atoms with Crippen molar-refractivity contribution in [2.24, 2.45) is 5.73 Å². The van der Waals surface area contributed by atoms with Crippen LogP contribution < -0.4 is 11.1 Å². The number of nitrogens with one attached hydrogen (secondary N) is 1. The number of hydrogen-bond donors (Lipinski definition) is 2.